The lowest BCUT2D eigenvalue weighted by Crippen LogP contribution is -2.86. The number of nitrogens with zero attached hydrogens (tertiary/aromatic N) is 2. The molecule has 3 heterocycles. The molecule has 3 fully saturated rings. The molecule has 0 saturated carbocycles. The van der Waals surface area contributed by atoms with Crippen molar-refractivity contribution in [1.29, 1.82) is 0 Å². The number of carbonyl (C=O) groups is 2. The first-order chi connectivity index (χ1) is 15.4. The number of nitrogens with one attached hydrogen (secondary N) is 1. The average molecular weight is 442 g/mol. The van der Waals surface area contributed by atoms with E-state index in [1.807, 2.05) is 37.8 Å². The van der Waals surface area contributed by atoms with Gasteiger partial charge >= 0.3 is 6.03 Å². The van der Waals surface area contributed by atoms with Gasteiger partial charge in [0, 0.05) is 44.2 Å². The molecule has 0 radical (unpaired) electrons. The van der Waals surface area contributed by atoms with Gasteiger partial charge in [-0.3, -0.25) is 4.79 Å². The van der Waals surface area contributed by atoms with Crippen LogP contribution < -0.4 is 5.32 Å². The molecule has 3 amide bonds. The van der Waals surface area contributed by atoms with Crippen molar-refractivity contribution in [2.45, 2.75) is 57.2 Å². The molecule has 3 aliphatic rings. The van der Waals surface area contributed by atoms with Crippen molar-refractivity contribution < 1.29 is 19.4 Å². The standard InChI is InChI=1S/C25H35N3O4/c1-4-5-18-6-8-19(9-7-18)22-21(14-29)28(23(30)20-10-12-32-13-11-20)25(22)15-27(16-25)24(31)26-17(2)3/h4-9,17,20-22,29H,10-16H2,1-3H3,(H,26,31)/t21-,22+/m0/s1. The number of urea groups is 1. The number of likely N-dealkylation sites (tertiary alicyclic amines) is 2. The summed E-state index contributed by atoms with van der Waals surface area (Å²) in [5.74, 6) is 0.0170. The van der Waals surface area contributed by atoms with Crippen LogP contribution in [0.1, 0.15) is 50.7 Å². The fourth-order valence-corrected chi connectivity index (χ4v) is 5.60. The van der Waals surface area contributed by atoms with Gasteiger partial charge in [0.2, 0.25) is 5.91 Å². The molecule has 0 aliphatic carbocycles. The first-order valence-electron chi connectivity index (χ1n) is 11.7. The highest BCUT2D eigenvalue weighted by Crippen LogP contribution is 2.54. The molecule has 1 aromatic carbocycles. The monoisotopic (exact) mass is 441 g/mol. The second-order valence-electron chi connectivity index (χ2n) is 9.55. The van der Waals surface area contributed by atoms with Gasteiger partial charge in [0.05, 0.1) is 18.2 Å². The Labute approximate surface area is 190 Å². The summed E-state index contributed by atoms with van der Waals surface area (Å²) in [6, 6.07) is 8.02. The minimum absolute atomic E-state index is 0.000883. The number of rotatable bonds is 5. The molecule has 3 aliphatic heterocycles. The quantitative estimate of drug-likeness (QED) is 0.736. The van der Waals surface area contributed by atoms with Crippen molar-refractivity contribution in [1.82, 2.24) is 15.1 Å². The van der Waals surface area contributed by atoms with Crippen LogP contribution in [-0.2, 0) is 9.53 Å². The Morgan fingerprint density at radius 2 is 1.88 bits per heavy atom. The summed E-state index contributed by atoms with van der Waals surface area (Å²) in [6.07, 6.45) is 5.47. The lowest BCUT2D eigenvalue weighted by molar-refractivity contribution is -0.198. The second kappa shape index (κ2) is 9.24. The topological polar surface area (TPSA) is 82.1 Å². The third kappa shape index (κ3) is 3.92. The van der Waals surface area contributed by atoms with Crippen LogP contribution in [0.15, 0.2) is 30.3 Å². The van der Waals surface area contributed by atoms with Gasteiger partial charge < -0.3 is 25.0 Å². The molecule has 7 nitrogen and oxygen atoms in total. The van der Waals surface area contributed by atoms with E-state index in [4.69, 9.17) is 4.74 Å². The van der Waals surface area contributed by atoms with Crippen LogP contribution in [-0.4, -0.2) is 77.4 Å². The van der Waals surface area contributed by atoms with E-state index in [9.17, 15) is 14.7 Å². The van der Waals surface area contributed by atoms with Crippen LogP contribution in [0, 0.1) is 5.92 Å². The zero-order chi connectivity index (χ0) is 22.9. The van der Waals surface area contributed by atoms with Crippen molar-refractivity contribution in [2.75, 3.05) is 32.9 Å². The highest BCUT2D eigenvalue weighted by Gasteiger charge is 2.68. The molecule has 174 valence electrons. The van der Waals surface area contributed by atoms with Gasteiger partial charge in [-0.05, 0) is 44.7 Å². The number of hydrogen-bond acceptors (Lipinski definition) is 4. The molecule has 1 aromatic rings. The summed E-state index contributed by atoms with van der Waals surface area (Å²) in [5, 5.41) is 13.2. The summed E-state index contributed by atoms with van der Waals surface area (Å²) < 4.78 is 5.45. The van der Waals surface area contributed by atoms with E-state index in [1.165, 1.54) is 0 Å². The smallest absolute Gasteiger partial charge is 0.317 e. The van der Waals surface area contributed by atoms with Gasteiger partial charge in [0.15, 0.2) is 0 Å². The third-order valence-electron chi connectivity index (χ3n) is 7.05. The van der Waals surface area contributed by atoms with Crippen LogP contribution in [0.3, 0.4) is 0 Å². The second-order valence-corrected chi connectivity index (χ2v) is 9.55. The van der Waals surface area contributed by atoms with E-state index in [2.05, 4.69) is 29.6 Å². The molecule has 1 spiro atoms. The molecule has 0 unspecified atom stereocenters. The number of hydrogen-bond donors (Lipinski definition) is 2. The molecular formula is C25H35N3O4. The van der Waals surface area contributed by atoms with E-state index >= 15 is 0 Å². The number of allylic oxidation sites excluding steroid dienone is 1. The number of benzene rings is 1. The molecular weight excluding hydrogens is 406 g/mol. The summed E-state index contributed by atoms with van der Waals surface area (Å²) in [7, 11) is 0. The molecule has 3 saturated heterocycles. The molecule has 2 N–H and O–H groups in total. The van der Waals surface area contributed by atoms with E-state index in [-0.39, 0.29) is 42.5 Å². The lowest BCUT2D eigenvalue weighted by Gasteiger charge is -2.70. The number of carbonyl (C=O) groups excluding carboxylic acids is 2. The Morgan fingerprint density at radius 3 is 2.44 bits per heavy atom. The number of ether oxygens (including phenoxy) is 1. The molecule has 4 rings (SSSR count). The molecule has 32 heavy (non-hydrogen) atoms. The normalized spacial score (nSPS) is 25.2. The zero-order valence-electron chi connectivity index (χ0n) is 19.3. The fraction of sp³-hybridized carbons (Fsp3) is 0.600. The Bertz CT molecular complexity index is 854. The molecule has 0 aromatic heterocycles. The summed E-state index contributed by atoms with van der Waals surface area (Å²) in [5.41, 5.74) is 1.77. The summed E-state index contributed by atoms with van der Waals surface area (Å²) in [6.45, 7) is 7.94. The zero-order valence-corrected chi connectivity index (χ0v) is 19.3. The maximum absolute atomic E-state index is 13.6. The van der Waals surface area contributed by atoms with E-state index in [0.717, 1.165) is 11.1 Å². The van der Waals surface area contributed by atoms with Crippen LogP contribution >= 0.6 is 0 Å². The average Bonchev–Trinajstić information content (AvgIpc) is 2.74. The molecule has 0 bridgehead atoms. The fourth-order valence-electron chi connectivity index (χ4n) is 5.60. The largest absolute Gasteiger partial charge is 0.394 e. The minimum atomic E-state index is -0.459. The van der Waals surface area contributed by atoms with E-state index in [1.54, 1.807) is 4.90 Å². The molecule has 7 heteroatoms. The first-order valence-corrected chi connectivity index (χ1v) is 11.7. The van der Waals surface area contributed by atoms with Crippen LogP contribution in [0.4, 0.5) is 4.79 Å². The van der Waals surface area contributed by atoms with E-state index < -0.39 is 5.54 Å². The number of amides is 3. The minimum Gasteiger partial charge on any atom is -0.394 e. The van der Waals surface area contributed by atoms with Crippen molar-refractivity contribution >= 4 is 18.0 Å². The predicted molar refractivity (Wildman–Crippen MR) is 123 cm³/mol. The van der Waals surface area contributed by atoms with Gasteiger partial charge in [0.25, 0.3) is 0 Å². The van der Waals surface area contributed by atoms with Crippen LogP contribution in [0.25, 0.3) is 6.08 Å². The van der Waals surface area contributed by atoms with Crippen molar-refractivity contribution in [3.63, 3.8) is 0 Å². The summed E-state index contributed by atoms with van der Waals surface area (Å²) >= 11 is 0. The first kappa shape index (κ1) is 22.8. The van der Waals surface area contributed by atoms with Gasteiger partial charge in [-0.1, -0.05) is 36.4 Å². The van der Waals surface area contributed by atoms with Crippen molar-refractivity contribution in [2.24, 2.45) is 5.92 Å². The number of aliphatic hydroxyl groups is 1. The van der Waals surface area contributed by atoms with Gasteiger partial charge in [-0.25, -0.2) is 4.79 Å². The van der Waals surface area contributed by atoms with Crippen LogP contribution in [0.5, 0.6) is 0 Å². The lowest BCUT2D eigenvalue weighted by atomic mass is 9.60. The third-order valence-corrected chi connectivity index (χ3v) is 7.05. The van der Waals surface area contributed by atoms with E-state index in [0.29, 0.717) is 39.1 Å². The van der Waals surface area contributed by atoms with Gasteiger partial charge in [-0.2, -0.15) is 0 Å². The SMILES string of the molecule is CC=Cc1ccc([C@@H]2[C@H](CO)N(C(=O)C3CCOCC3)C23CN(C(=O)NC(C)C)C3)cc1. The Kier molecular flexibility index (Phi) is 6.58. The van der Waals surface area contributed by atoms with Crippen molar-refractivity contribution in [3.8, 4) is 0 Å². The Morgan fingerprint density at radius 1 is 1.22 bits per heavy atom. The highest BCUT2D eigenvalue weighted by atomic mass is 16.5. The van der Waals surface area contributed by atoms with Crippen LogP contribution in [0.2, 0.25) is 0 Å². The Hall–Kier alpha value is -2.38. The van der Waals surface area contributed by atoms with Crippen molar-refractivity contribution in [3.05, 3.63) is 41.5 Å². The Balaban J connectivity index is 1.61. The number of aliphatic hydroxyl groups excluding tert-OH is 1. The van der Waals surface area contributed by atoms with Gasteiger partial charge in [-0.15, -0.1) is 0 Å². The molecule has 2 atom stereocenters. The predicted octanol–water partition coefficient (Wildman–Crippen LogP) is 2.61. The highest BCUT2D eigenvalue weighted by molar-refractivity contribution is 5.84. The van der Waals surface area contributed by atoms with Gasteiger partial charge in [0.1, 0.15) is 0 Å². The maximum atomic E-state index is 13.6. The summed E-state index contributed by atoms with van der Waals surface area (Å²) in [4.78, 5) is 29.8. The maximum Gasteiger partial charge on any atom is 0.317 e.